The highest BCUT2D eigenvalue weighted by Gasteiger charge is 2.49. The molecule has 3 rings (SSSR count). The number of halogens is 2. The smallest absolute Gasteiger partial charge is 0.407 e. The summed E-state index contributed by atoms with van der Waals surface area (Å²) in [6, 6.07) is 0. The number of fused-ring (bicyclic) bond motifs is 1. The summed E-state index contributed by atoms with van der Waals surface area (Å²) in [5.74, 6) is 6.52. The fourth-order valence-corrected chi connectivity index (χ4v) is 4.94. The number of hydrogen-bond donors (Lipinski definition) is 2. The fraction of sp³-hybridized carbons (Fsp3) is 0.652. The molecule has 2 N–H and O–H groups in total. The van der Waals surface area contributed by atoms with Crippen LogP contribution in [0.5, 0.6) is 0 Å². The van der Waals surface area contributed by atoms with E-state index in [1.807, 2.05) is 0 Å². The lowest BCUT2D eigenvalue weighted by atomic mass is 10.1. The van der Waals surface area contributed by atoms with Crippen LogP contribution in [0.25, 0.3) is 0 Å². The molecule has 0 aromatic heterocycles. The maximum atomic E-state index is 11.9. The third kappa shape index (κ3) is 8.31. The van der Waals surface area contributed by atoms with E-state index in [0.717, 1.165) is 30.6 Å². The summed E-state index contributed by atoms with van der Waals surface area (Å²) in [5.41, 5.74) is 0. The zero-order valence-corrected chi connectivity index (χ0v) is 22.5. The van der Waals surface area contributed by atoms with Crippen molar-refractivity contribution in [3.05, 3.63) is 8.96 Å². The first-order valence-corrected chi connectivity index (χ1v) is 13.2. The average molecular weight is 619 g/mol. The molecule has 4 amide bonds. The van der Waals surface area contributed by atoms with Crippen LogP contribution >= 0.6 is 31.9 Å². The Kier molecular flexibility index (Phi) is 11.0. The Morgan fingerprint density at radius 2 is 1.43 bits per heavy atom. The highest BCUT2D eigenvalue weighted by molar-refractivity contribution is 9.14. The van der Waals surface area contributed by atoms with Gasteiger partial charge in [0, 0.05) is 25.9 Å². The van der Waals surface area contributed by atoms with E-state index in [1.54, 1.807) is 0 Å². The van der Waals surface area contributed by atoms with Crippen molar-refractivity contribution in [1.82, 2.24) is 15.5 Å². The molecule has 1 fully saturated rings. The van der Waals surface area contributed by atoms with Gasteiger partial charge in [0.25, 0.3) is 11.8 Å². The molecule has 0 spiro atoms. The van der Waals surface area contributed by atoms with Crippen molar-refractivity contribution in [3.8, 4) is 11.8 Å². The van der Waals surface area contributed by atoms with Gasteiger partial charge in [0.1, 0.15) is 15.5 Å². The molecule has 10 nitrogen and oxygen atoms in total. The van der Waals surface area contributed by atoms with Gasteiger partial charge in [0.05, 0.1) is 33.0 Å². The number of hydrogen-bond acceptors (Lipinski definition) is 7. The van der Waals surface area contributed by atoms with E-state index in [1.165, 1.54) is 0 Å². The van der Waals surface area contributed by atoms with Gasteiger partial charge in [-0.15, -0.1) is 11.8 Å². The van der Waals surface area contributed by atoms with Crippen molar-refractivity contribution in [2.75, 3.05) is 52.7 Å². The molecule has 1 heterocycles. The Balaban J connectivity index is 1.11. The van der Waals surface area contributed by atoms with E-state index in [0.29, 0.717) is 50.7 Å². The molecule has 1 saturated carbocycles. The first kappa shape index (κ1) is 27.6. The van der Waals surface area contributed by atoms with Crippen LogP contribution in [-0.4, -0.2) is 81.4 Å². The van der Waals surface area contributed by atoms with Crippen LogP contribution in [0.1, 0.15) is 25.7 Å². The lowest BCUT2D eigenvalue weighted by Crippen LogP contribution is -2.41. The number of nitrogens with zero attached hydrogens (tertiary/aromatic N) is 1. The number of carbonyl (C=O) groups is 4. The molecule has 0 radical (unpaired) electrons. The van der Waals surface area contributed by atoms with Crippen molar-refractivity contribution in [1.29, 1.82) is 0 Å². The Morgan fingerprint density at radius 1 is 0.886 bits per heavy atom. The highest BCUT2D eigenvalue weighted by atomic mass is 79.9. The van der Waals surface area contributed by atoms with Crippen molar-refractivity contribution >= 4 is 55.7 Å². The first-order chi connectivity index (χ1) is 16.9. The van der Waals surface area contributed by atoms with Gasteiger partial charge in [-0.2, -0.15) is 0 Å². The number of carbonyl (C=O) groups excluding carboxylic acids is 4. The molecule has 0 aromatic carbocycles. The van der Waals surface area contributed by atoms with E-state index in [2.05, 4.69) is 54.3 Å². The third-order valence-corrected chi connectivity index (χ3v) is 8.07. The largest absolute Gasteiger partial charge is 0.449 e. The highest BCUT2D eigenvalue weighted by Crippen LogP contribution is 2.52. The standard InChI is InChI=1S/C23H29Br2N3O7/c24-19-20(25)22(31)28(21(19)30)13-18(29)26-7-9-33-11-12-34-10-8-27-23(32)35-14-17-15-5-3-1-2-4-6-16(15)17/h15-17H,3-14H2,(H,26,29)(H,27,32)/t15-,16+,17?. The van der Waals surface area contributed by atoms with E-state index >= 15 is 0 Å². The second-order valence-corrected chi connectivity index (χ2v) is 9.93. The van der Waals surface area contributed by atoms with Gasteiger partial charge in [-0.1, -0.05) is 0 Å². The summed E-state index contributed by atoms with van der Waals surface area (Å²) in [4.78, 5) is 48.3. The Bertz CT molecular complexity index is 873. The maximum Gasteiger partial charge on any atom is 0.407 e. The van der Waals surface area contributed by atoms with Crippen molar-refractivity contribution in [2.45, 2.75) is 25.7 Å². The quantitative estimate of drug-likeness (QED) is 0.183. The Morgan fingerprint density at radius 3 is 2.00 bits per heavy atom. The van der Waals surface area contributed by atoms with Gasteiger partial charge in [-0.25, -0.2) is 4.79 Å². The summed E-state index contributed by atoms with van der Waals surface area (Å²) in [5, 5.41) is 5.26. The van der Waals surface area contributed by atoms with E-state index < -0.39 is 23.8 Å². The minimum Gasteiger partial charge on any atom is -0.449 e. The number of ether oxygens (including phenoxy) is 3. The third-order valence-electron chi connectivity index (χ3n) is 6.06. The minimum absolute atomic E-state index is 0.100. The molecule has 1 unspecified atom stereocenters. The van der Waals surface area contributed by atoms with Crippen LogP contribution in [0.15, 0.2) is 8.96 Å². The van der Waals surface area contributed by atoms with Gasteiger partial charge in [0.15, 0.2) is 0 Å². The van der Waals surface area contributed by atoms with Crippen LogP contribution in [0.3, 0.4) is 0 Å². The predicted octanol–water partition coefficient (Wildman–Crippen LogP) is 1.67. The van der Waals surface area contributed by atoms with E-state index in [-0.39, 0.29) is 28.7 Å². The number of alkyl carbamates (subject to hydrolysis) is 1. The molecule has 3 atom stereocenters. The first-order valence-electron chi connectivity index (χ1n) is 11.6. The fourth-order valence-electron chi connectivity index (χ4n) is 4.18. The Hall–Kier alpha value is -1.94. The molecule has 192 valence electrons. The SMILES string of the molecule is O=C(CN1C(=O)C(Br)=C(Br)C1=O)NCCOCCOCCNC(=O)OCC1[C@H]2CCC#CCC[C@@H]12. The Labute approximate surface area is 221 Å². The summed E-state index contributed by atoms with van der Waals surface area (Å²) in [7, 11) is 0. The normalized spacial score (nSPS) is 23.1. The topological polar surface area (TPSA) is 123 Å². The van der Waals surface area contributed by atoms with E-state index in [4.69, 9.17) is 14.2 Å². The number of rotatable bonds is 13. The monoisotopic (exact) mass is 617 g/mol. The second kappa shape index (κ2) is 14.0. The maximum absolute atomic E-state index is 11.9. The van der Waals surface area contributed by atoms with Gasteiger partial charge in [-0.05, 0) is 62.5 Å². The van der Waals surface area contributed by atoms with Crippen molar-refractivity contribution in [3.63, 3.8) is 0 Å². The molecule has 12 heteroatoms. The lowest BCUT2D eigenvalue weighted by Gasteiger charge is -2.14. The number of nitrogens with one attached hydrogen (secondary N) is 2. The molecule has 35 heavy (non-hydrogen) atoms. The molecule has 2 aliphatic carbocycles. The molecule has 3 aliphatic rings. The number of imide groups is 1. The van der Waals surface area contributed by atoms with Gasteiger partial charge in [-0.3, -0.25) is 19.3 Å². The zero-order valence-electron chi connectivity index (χ0n) is 19.3. The molecule has 1 aliphatic heterocycles. The minimum atomic E-state index is -0.560. The summed E-state index contributed by atoms with van der Waals surface area (Å²) in [6.07, 6.45) is 3.66. The van der Waals surface area contributed by atoms with Crippen molar-refractivity contribution < 1.29 is 33.4 Å². The summed E-state index contributed by atoms with van der Waals surface area (Å²) >= 11 is 6.01. The van der Waals surface area contributed by atoms with Crippen LogP contribution in [0.2, 0.25) is 0 Å². The predicted molar refractivity (Wildman–Crippen MR) is 132 cm³/mol. The average Bonchev–Trinajstić information content (AvgIpc) is 3.44. The van der Waals surface area contributed by atoms with Crippen molar-refractivity contribution in [2.24, 2.45) is 17.8 Å². The summed E-state index contributed by atoms with van der Waals surface area (Å²) in [6.45, 7) is 1.91. The molecule has 0 aromatic rings. The van der Waals surface area contributed by atoms with Crippen LogP contribution < -0.4 is 10.6 Å². The molecular weight excluding hydrogens is 590 g/mol. The summed E-state index contributed by atoms with van der Waals surface area (Å²) < 4.78 is 16.3. The second-order valence-electron chi connectivity index (χ2n) is 8.35. The number of amides is 4. The van der Waals surface area contributed by atoms with Crippen LogP contribution in [-0.2, 0) is 28.6 Å². The van der Waals surface area contributed by atoms with Crippen LogP contribution in [0, 0.1) is 29.6 Å². The zero-order chi connectivity index (χ0) is 25.2. The van der Waals surface area contributed by atoms with Crippen LogP contribution in [0.4, 0.5) is 4.79 Å². The lowest BCUT2D eigenvalue weighted by molar-refractivity contribution is -0.141. The molecule has 0 saturated heterocycles. The van der Waals surface area contributed by atoms with E-state index in [9.17, 15) is 19.2 Å². The molecule has 0 bridgehead atoms. The van der Waals surface area contributed by atoms with Gasteiger partial charge >= 0.3 is 6.09 Å². The van der Waals surface area contributed by atoms with Gasteiger partial charge in [0.2, 0.25) is 5.91 Å². The van der Waals surface area contributed by atoms with Gasteiger partial charge < -0.3 is 24.8 Å². The molecular formula is C23H29Br2N3O7.